The molecule has 0 fully saturated rings. The van der Waals surface area contributed by atoms with Gasteiger partial charge in [0.2, 0.25) is 10.0 Å². The predicted octanol–water partition coefficient (Wildman–Crippen LogP) is 1.44. The van der Waals surface area contributed by atoms with Crippen LogP contribution in [0.4, 0.5) is 0 Å². The minimum absolute atomic E-state index is 0.198. The van der Waals surface area contributed by atoms with Crippen LogP contribution in [0.15, 0.2) is 24.3 Å². The van der Waals surface area contributed by atoms with Gasteiger partial charge in [-0.1, -0.05) is 24.3 Å². The van der Waals surface area contributed by atoms with Gasteiger partial charge >= 0.3 is 0 Å². The van der Waals surface area contributed by atoms with Crippen LogP contribution < -0.4 is 0 Å². The number of rotatable bonds is 2. The summed E-state index contributed by atoms with van der Waals surface area (Å²) >= 11 is 0. The first-order valence-electron chi connectivity index (χ1n) is 5.68. The van der Waals surface area contributed by atoms with Crippen molar-refractivity contribution in [2.75, 3.05) is 18.8 Å². The second-order valence-electron chi connectivity index (χ2n) is 4.07. The topological polar surface area (TPSA) is 37.4 Å². The van der Waals surface area contributed by atoms with E-state index in [9.17, 15) is 8.42 Å². The highest BCUT2D eigenvalue weighted by molar-refractivity contribution is 7.89. The third-order valence-electron chi connectivity index (χ3n) is 3.14. The molecule has 1 heterocycles. The molecule has 1 aliphatic heterocycles. The Kier molecular flexibility index (Phi) is 3.30. The minimum atomic E-state index is -3.03. The molecule has 3 nitrogen and oxygen atoms in total. The fourth-order valence-corrected chi connectivity index (χ4v) is 3.21. The molecular weight excluding hydrogens is 222 g/mol. The van der Waals surface area contributed by atoms with Gasteiger partial charge in [-0.3, -0.25) is 0 Å². The molecule has 4 heteroatoms. The Bertz CT molecular complexity index is 441. The first-order valence-corrected chi connectivity index (χ1v) is 7.29. The quantitative estimate of drug-likeness (QED) is 0.783. The van der Waals surface area contributed by atoms with Gasteiger partial charge in [0.1, 0.15) is 0 Å². The average molecular weight is 239 g/mol. The summed E-state index contributed by atoms with van der Waals surface area (Å²) in [6.07, 6.45) is 1.66. The Morgan fingerprint density at radius 3 is 2.06 bits per heavy atom. The van der Waals surface area contributed by atoms with Crippen molar-refractivity contribution in [2.24, 2.45) is 0 Å². The highest BCUT2D eigenvalue weighted by atomic mass is 32.2. The van der Waals surface area contributed by atoms with E-state index in [0.29, 0.717) is 13.1 Å². The lowest BCUT2D eigenvalue weighted by Crippen LogP contribution is -2.34. The monoisotopic (exact) mass is 239 g/mol. The number of nitrogens with zero attached hydrogens (tertiary/aromatic N) is 1. The number of sulfonamides is 1. The maximum atomic E-state index is 11.8. The van der Waals surface area contributed by atoms with Crippen LogP contribution >= 0.6 is 0 Å². The normalized spacial score (nSPS) is 17.8. The molecule has 2 rings (SSSR count). The summed E-state index contributed by atoms with van der Waals surface area (Å²) in [7, 11) is -3.03. The zero-order chi connectivity index (χ0) is 11.6. The molecule has 0 saturated carbocycles. The standard InChI is InChI=1S/C12H17NO2S/c1-2-16(14,15)13-9-7-11-5-3-4-6-12(11)8-10-13/h3-6H,2,7-10H2,1H3. The molecule has 0 amide bonds. The lowest BCUT2D eigenvalue weighted by molar-refractivity contribution is 0.427. The summed E-state index contributed by atoms with van der Waals surface area (Å²) in [5.41, 5.74) is 2.58. The van der Waals surface area contributed by atoms with Gasteiger partial charge in [-0.25, -0.2) is 12.7 Å². The molecule has 0 aromatic heterocycles. The lowest BCUT2D eigenvalue weighted by atomic mass is 10.0. The third kappa shape index (κ3) is 2.28. The smallest absolute Gasteiger partial charge is 0.212 e. The predicted molar refractivity (Wildman–Crippen MR) is 64.9 cm³/mol. The van der Waals surface area contributed by atoms with Crippen molar-refractivity contribution in [1.82, 2.24) is 4.31 Å². The summed E-state index contributed by atoms with van der Waals surface area (Å²) in [5, 5.41) is 0. The zero-order valence-electron chi connectivity index (χ0n) is 9.52. The van der Waals surface area contributed by atoms with Crippen molar-refractivity contribution in [2.45, 2.75) is 19.8 Å². The number of benzene rings is 1. The highest BCUT2D eigenvalue weighted by Gasteiger charge is 2.22. The molecule has 1 aromatic rings. The second kappa shape index (κ2) is 4.55. The highest BCUT2D eigenvalue weighted by Crippen LogP contribution is 2.17. The van der Waals surface area contributed by atoms with E-state index in [1.807, 2.05) is 12.1 Å². The molecular formula is C12H17NO2S. The second-order valence-corrected chi connectivity index (χ2v) is 6.33. The zero-order valence-corrected chi connectivity index (χ0v) is 10.3. The summed E-state index contributed by atoms with van der Waals surface area (Å²) in [6, 6.07) is 8.22. The molecule has 0 spiro atoms. The number of hydrogen-bond acceptors (Lipinski definition) is 2. The van der Waals surface area contributed by atoms with E-state index in [4.69, 9.17) is 0 Å². The molecule has 0 atom stereocenters. The van der Waals surface area contributed by atoms with Gasteiger partial charge in [0.15, 0.2) is 0 Å². The van der Waals surface area contributed by atoms with E-state index >= 15 is 0 Å². The van der Waals surface area contributed by atoms with Gasteiger partial charge in [-0.05, 0) is 30.9 Å². The number of fused-ring (bicyclic) bond motifs is 1. The average Bonchev–Trinajstić information content (AvgIpc) is 2.51. The third-order valence-corrected chi connectivity index (χ3v) is 5.02. The van der Waals surface area contributed by atoms with Crippen molar-refractivity contribution in [3.8, 4) is 0 Å². The van der Waals surface area contributed by atoms with Gasteiger partial charge in [-0.15, -0.1) is 0 Å². The molecule has 0 N–H and O–H groups in total. The van der Waals surface area contributed by atoms with Crippen LogP contribution in [0.3, 0.4) is 0 Å². The summed E-state index contributed by atoms with van der Waals surface area (Å²) < 4.78 is 25.2. The Hall–Kier alpha value is -0.870. The SMILES string of the molecule is CCS(=O)(=O)N1CCc2ccccc2CC1. The van der Waals surface area contributed by atoms with Crippen LogP contribution in [-0.4, -0.2) is 31.6 Å². The summed E-state index contributed by atoms with van der Waals surface area (Å²) in [4.78, 5) is 0. The van der Waals surface area contributed by atoms with Crippen molar-refractivity contribution in [3.05, 3.63) is 35.4 Å². The molecule has 0 aliphatic carbocycles. The lowest BCUT2D eigenvalue weighted by Gasteiger charge is -2.18. The molecule has 1 aliphatic rings. The molecule has 0 radical (unpaired) electrons. The van der Waals surface area contributed by atoms with Crippen LogP contribution in [0.2, 0.25) is 0 Å². The van der Waals surface area contributed by atoms with E-state index < -0.39 is 10.0 Å². The van der Waals surface area contributed by atoms with Crippen molar-refractivity contribution in [3.63, 3.8) is 0 Å². The van der Waals surface area contributed by atoms with Crippen LogP contribution in [0.5, 0.6) is 0 Å². The van der Waals surface area contributed by atoms with Crippen molar-refractivity contribution >= 4 is 10.0 Å². The maximum absolute atomic E-state index is 11.8. The van der Waals surface area contributed by atoms with Gasteiger partial charge in [0.25, 0.3) is 0 Å². The maximum Gasteiger partial charge on any atom is 0.213 e. The molecule has 88 valence electrons. The van der Waals surface area contributed by atoms with Gasteiger partial charge in [0, 0.05) is 13.1 Å². The van der Waals surface area contributed by atoms with Crippen LogP contribution in [0.1, 0.15) is 18.1 Å². The van der Waals surface area contributed by atoms with Crippen molar-refractivity contribution in [1.29, 1.82) is 0 Å². The van der Waals surface area contributed by atoms with Gasteiger partial charge in [0.05, 0.1) is 5.75 Å². The molecule has 1 aromatic carbocycles. The first kappa shape index (κ1) is 11.6. The molecule has 16 heavy (non-hydrogen) atoms. The number of hydrogen-bond donors (Lipinski definition) is 0. The minimum Gasteiger partial charge on any atom is -0.212 e. The van der Waals surface area contributed by atoms with Crippen LogP contribution in [0.25, 0.3) is 0 Å². The van der Waals surface area contributed by atoms with Crippen LogP contribution in [-0.2, 0) is 22.9 Å². The fourth-order valence-electron chi connectivity index (χ4n) is 2.11. The van der Waals surface area contributed by atoms with E-state index in [1.54, 1.807) is 11.2 Å². The van der Waals surface area contributed by atoms with Crippen molar-refractivity contribution < 1.29 is 8.42 Å². The Morgan fingerprint density at radius 1 is 1.12 bits per heavy atom. The van der Waals surface area contributed by atoms with E-state index in [0.717, 1.165) is 12.8 Å². The summed E-state index contributed by atoms with van der Waals surface area (Å²) in [5.74, 6) is 0.198. The van der Waals surface area contributed by atoms with E-state index in [-0.39, 0.29) is 5.75 Å². The van der Waals surface area contributed by atoms with Crippen LogP contribution in [0, 0.1) is 0 Å². The molecule has 0 saturated heterocycles. The van der Waals surface area contributed by atoms with E-state index in [1.165, 1.54) is 11.1 Å². The Labute approximate surface area is 97.1 Å². The Morgan fingerprint density at radius 2 is 1.62 bits per heavy atom. The first-order chi connectivity index (χ1) is 7.63. The van der Waals surface area contributed by atoms with Gasteiger partial charge < -0.3 is 0 Å². The van der Waals surface area contributed by atoms with E-state index in [2.05, 4.69) is 12.1 Å². The molecule has 0 bridgehead atoms. The van der Waals surface area contributed by atoms with Gasteiger partial charge in [-0.2, -0.15) is 0 Å². The molecule has 0 unspecified atom stereocenters. The summed E-state index contributed by atoms with van der Waals surface area (Å²) in [6.45, 7) is 2.94. The fraction of sp³-hybridized carbons (Fsp3) is 0.500. The Balaban J connectivity index is 2.20. The largest absolute Gasteiger partial charge is 0.213 e.